The molecular formula is C15H22N4O2. The Balaban J connectivity index is 1.61. The van der Waals surface area contributed by atoms with Gasteiger partial charge in [0.2, 0.25) is 0 Å². The van der Waals surface area contributed by atoms with Crippen molar-refractivity contribution in [3.63, 3.8) is 0 Å². The van der Waals surface area contributed by atoms with Crippen molar-refractivity contribution in [3.8, 4) is 0 Å². The fraction of sp³-hybridized carbons (Fsp3) is 0.600. The summed E-state index contributed by atoms with van der Waals surface area (Å²) in [7, 11) is 0. The maximum absolute atomic E-state index is 6.03. The maximum atomic E-state index is 6.03. The van der Waals surface area contributed by atoms with E-state index in [1.165, 1.54) is 18.5 Å². The second kappa shape index (κ2) is 6.87. The molecule has 3 rings (SSSR count). The normalized spacial score (nSPS) is 22.5. The SMILES string of the molecule is CCn1nccc1[C@@H]1OCCC[C@H]1CNCc1cocn1. The van der Waals surface area contributed by atoms with E-state index in [9.17, 15) is 0 Å². The summed E-state index contributed by atoms with van der Waals surface area (Å²) >= 11 is 0. The van der Waals surface area contributed by atoms with Crippen LogP contribution in [0.2, 0.25) is 0 Å². The Bertz CT molecular complexity index is 538. The van der Waals surface area contributed by atoms with Crippen LogP contribution in [0.25, 0.3) is 0 Å². The Morgan fingerprint density at radius 1 is 1.48 bits per heavy atom. The minimum Gasteiger partial charge on any atom is -0.451 e. The van der Waals surface area contributed by atoms with Crippen LogP contribution >= 0.6 is 0 Å². The summed E-state index contributed by atoms with van der Waals surface area (Å²) in [5, 5.41) is 7.81. The Hall–Kier alpha value is -1.66. The molecule has 6 heteroatoms. The number of hydrogen-bond donors (Lipinski definition) is 1. The number of rotatable bonds is 6. The first-order valence-corrected chi connectivity index (χ1v) is 7.59. The first kappa shape index (κ1) is 14.3. The van der Waals surface area contributed by atoms with E-state index in [-0.39, 0.29) is 6.10 Å². The van der Waals surface area contributed by atoms with Gasteiger partial charge in [-0.1, -0.05) is 0 Å². The fourth-order valence-electron chi connectivity index (χ4n) is 2.94. The van der Waals surface area contributed by atoms with Crippen LogP contribution in [0.4, 0.5) is 0 Å². The number of aryl methyl sites for hydroxylation is 1. The number of oxazole rings is 1. The molecule has 0 amide bonds. The second-order valence-corrected chi connectivity index (χ2v) is 5.38. The van der Waals surface area contributed by atoms with Crippen LogP contribution in [0.3, 0.4) is 0 Å². The minimum atomic E-state index is 0.131. The molecule has 1 fully saturated rings. The highest BCUT2D eigenvalue weighted by Gasteiger charge is 2.29. The van der Waals surface area contributed by atoms with Crippen LogP contribution in [0, 0.1) is 5.92 Å². The van der Waals surface area contributed by atoms with Crippen LogP contribution in [-0.4, -0.2) is 27.9 Å². The van der Waals surface area contributed by atoms with Gasteiger partial charge in [-0.05, 0) is 25.8 Å². The predicted molar refractivity (Wildman–Crippen MR) is 77.5 cm³/mol. The topological polar surface area (TPSA) is 65.1 Å². The molecular weight excluding hydrogens is 268 g/mol. The average molecular weight is 290 g/mol. The highest BCUT2D eigenvalue weighted by molar-refractivity contribution is 5.07. The van der Waals surface area contributed by atoms with E-state index in [1.807, 2.05) is 10.9 Å². The van der Waals surface area contributed by atoms with Gasteiger partial charge in [-0.25, -0.2) is 4.98 Å². The van der Waals surface area contributed by atoms with Gasteiger partial charge < -0.3 is 14.5 Å². The molecule has 114 valence electrons. The molecule has 0 radical (unpaired) electrons. The van der Waals surface area contributed by atoms with Gasteiger partial charge in [0.1, 0.15) is 12.4 Å². The highest BCUT2D eigenvalue weighted by Crippen LogP contribution is 2.33. The van der Waals surface area contributed by atoms with Gasteiger partial charge in [0.25, 0.3) is 0 Å². The molecule has 2 aromatic rings. The third-order valence-electron chi connectivity index (χ3n) is 3.98. The van der Waals surface area contributed by atoms with Crippen molar-refractivity contribution in [2.24, 2.45) is 5.92 Å². The number of ether oxygens (including phenoxy) is 1. The summed E-state index contributed by atoms with van der Waals surface area (Å²) in [5.41, 5.74) is 2.12. The Labute approximate surface area is 124 Å². The number of hydrogen-bond acceptors (Lipinski definition) is 5. The molecule has 1 aliphatic heterocycles. The summed E-state index contributed by atoms with van der Waals surface area (Å²) in [4.78, 5) is 4.12. The predicted octanol–water partition coefficient (Wildman–Crippen LogP) is 2.15. The van der Waals surface area contributed by atoms with E-state index in [4.69, 9.17) is 9.15 Å². The molecule has 2 aromatic heterocycles. The Morgan fingerprint density at radius 3 is 3.24 bits per heavy atom. The Kier molecular flexibility index (Phi) is 4.67. The largest absolute Gasteiger partial charge is 0.451 e. The molecule has 0 unspecified atom stereocenters. The fourth-order valence-corrected chi connectivity index (χ4v) is 2.94. The van der Waals surface area contributed by atoms with Crippen molar-refractivity contribution in [1.82, 2.24) is 20.1 Å². The van der Waals surface area contributed by atoms with E-state index >= 15 is 0 Å². The van der Waals surface area contributed by atoms with Gasteiger partial charge in [0, 0.05) is 38.4 Å². The summed E-state index contributed by atoms with van der Waals surface area (Å²) in [5.74, 6) is 0.465. The lowest BCUT2D eigenvalue weighted by atomic mass is 9.92. The van der Waals surface area contributed by atoms with Crippen LogP contribution in [0.15, 0.2) is 29.3 Å². The molecule has 0 spiro atoms. The molecule has 0 aromatic carbocycles. The van der Waals surface area contributed by atoms with Crippen molar-refractivity contribution in [2.75, 3.05) is 13.2 Å². The smallest absolute Gasteiger partial charge is 0.180 e. The van der Waals surface area contributed by atoms with E-state index in [0.29, 0.717) is 5.92 Å². The standard InChI is InChI=1S/C15H22N4O2/c1-2-19-14(5-6-18-19)15-12(4-3-7-21-15)8-16-9-13-10-20-11-17-13/h5-6,10-12,15-16H,2-4,7-9H2,1H3/t12-,15+/m0/s1. The lowest BCUT2D eigenvalue weighted by Crippen LogP contribution is -2.33. The molecule has 21 heavy (non-hydrogen) atoms. The highest BCUT2D eigenvalue weighted by atomic mass is 16.5. The zero-order chi connectivity index (χ0) is 14.5. The minimum absolute atomic E-state index is 0.131. The maximum Gasteiger partial charge on any atom is 0.180 e. The monoisotopic (exact) mass is 290 g/mol. The van der Waals surface area contributed by atoms with Gasteiger partial charge in [0.15, 0.2) is 6.39 Å². The molecule has 0 saturated carbocycles. The molecule has 6 nitrogen and oxygen atoms in total. The summed E-state index contributed by atoms with van der Waals surface area (Å²) in [6.45, 7) is 5.46. The van der Waals surface area contributed by atoms with Crippen molar-refractivity contribution < 1.29 is 9.15 Å². The molecule has 0 aliphatic carbocycles. The van der Waals surface area contributed by atoms with E-state index in [0.717, 1.165) is 38.4 Å². The van der Waals surface area contributed by atoms with Gasteiger partial charge in [0.05, 0.1) is 11.4 Å². The summed E-state index contributed by atoms with van der Waals surface area (Å²) in [6.07, 6.45) is 7.41. The van der Waals surface area contributed by atoms with Gasteiger partial charge in [-0.3, -0.25) is 4.68 Å². The number of nitrogens with zero attached hydrogens (tertiary/aromatic N) is 3. The molecule has 1 saturated heterocycles. The van der Waals surface area contributed by atoms with E-state index in [1.54, 1.807) is 6.26 Å². The third-order valence-corrected chi connectivity index (χ3v) is 3.98. The zero-order valence-electron chi connectivity index (χ0n) is 12.4. The lowest BCUT2D eigenvalue weighted by molar-refractivity contribution is -0.0327. The van der Waals surface area contributed by atoms with Crippen LogP contribution in [-0.2, 0) is 17.8 Å². The zero-order valence-corrected chi connectivity index (χ0v) is 12.4. The van der Waals surface area contributed by atoms with Crippen molar-refractivity contribution >= 4 is 0 Å². The van der Waals surface area contributed by atoms with E-state index in [2.05, 4.69) is 28.4 Å². The van der Waals surface area contributed by atoms with Gasteiger partial charge in [-0.2, -0.15) is 5.10 Å². The Morgan fingerprint density at radius 2 is 2.43 bits per heavy atom. The molecule has 0 bridgehead atoms. The summed E-state index contributed by atoms with van der Waals surface area (Å²) in [6, 6.07) is 2.07. The molecule has 3 heterocycles. The summed E-state index contributed by atoms with van der Waals surface area (Å²) < 4.78 is 13.0. The molecule has 1 aliphatic rings. The van der Waals surface area contributed by atoms with Gasteiger partial charge >= 0.3 is 0 Å². The van der Waals surface area contributed by atoms with Crippen molar-refractivity contribution in [1.29, 1.82) is 0 Å². The lowest BCUT2D eigenvalue weighted by Gasteiger charge is -2.32. The van der Waals surface area contributed by atoms with Crippen molar-refractivity contribution in [2.45, 2.75) is 39.0 Å². The van der Waals surface area contributed by atoms with E-state index < -0.39 is 0 Å². The molecule has 1 N–H and O–H groups in total. The van der Waals surface area contributed by atoms with Crippen molar-refractivity contribution in [3.05, 3.63) is 36.3 Å². The number of aromatic nitrogens is 3. The second-order valence-electron chi connectivity index (χ2n) is 5.38. The first-order valence-electron chi connectivity index (χ1n) is 7.59. The quantitative estimate of drug-likeness (QED) is 0.883. The van der Waals surface area contributed by atoms with Gasteiger partial charge in [-0.15, -0.1) is 0 Å². The van der Waals surface area contributed by atoms with Crippen LogP contribution in [0.5, 0.6) is 0 Å². The van der Waals surface area contributed by atoms with Crippen LogP contribution in [0.1, 0.15) is 37.3 Å². The first-order chi connectivity index (χ1) is 10.4. The number of nitrogens with one attached hydrogen (secondary N) is 1. The molecule has 2 atom stereocenters. The van der Waals surface area contributed by atoms with Crippen LogP contribution < -0.4 is 5.32 Å². The average Bonchev–Trinajstić information content (AvgIpc) is 3.19. The third kappa shape index (κ3) is 3.33.